The molecule has 0 aliphatic heterocycles. The van der Waals surface area contributed by atoms with Crippen LogP contribution in [0.3, 0.4) is 0 Å². The maximum atomic E-state index is 10.4. The number of hydrogen-bond acceptors (Lipinski definition) is 3. The number of nitrogens with one attached hydrogen (secondary N) is 1. The van der Waals surface area contributed by atoms with Crippen molar-refractivity contribution in [2.45, 2.75) is 26.7 Å². The van der Waals surface area contributed by atoms with Crippen LogP contribution in [0.4, 0.5) is 0 Å². The lowest BCUT2D eigenvalue weighted by Gasteiger charge is -2.13. The first-order chi connectivity index (χ1) is 8.54. The molecule has 0 heterocycles. The monoisotopic (exact) mass is 251 g/mol. The number of carbonyl (C=O) groups is 1. The van der Waals surface area contributed by atoms with Crippen LogP contribution >= 0.6 is 0 Å². The number of benzene rings is 1. The SMILES string of the molecule is COc1cc(C)cc(C)c1CCNCCC(=O)O. The lowest BCUT2D eigenvalue weighted by Crippen LogP contribution is -2.21. The van der Waals surface area contributed by atoms with Gasteiger partial charge in [0.1, 0.15) is 5.75 Å². The van der Waals surface area contributed by atoms with Gasteiger partial charge in [0.2, 0.25) is 0 Å². The second kappa shape index (κ2) is 7.01. The van der Waals surface area contributed by atoms with Gasteiger partial charge in [-0.05, 0) is 49.6 Å². The largest absolute Gasteiger partial charge is 0.496 e. The van der Waals surface area contributed by atoms with Crippen LogP contribution in [-0.2, 0) is 11.2 Å². The Morgan fingerprint density at radius 3 is 2.67 bits per heavy atom. The minimum absolute atomic E-state index is 0.157. The Labute approximate surface area is 108 Å². The summed E-state index contributed by atoms with van der Waals surface area (Å²) in [7, 11) is 1.68. The number of ether oxygens (including phenoxy) is 1. The van der Waals surface area contributed by atoms with Crippen molar-refractivity contribution >= 4 is 5.97 Å². The molecule has 0 amide bonds. The number of carboxylic acid groups (broad SMARTS) is 1. The molecule has 0 spiro atoms. The van der Waals surface area contributed by atoms with E-state index in [0.29, 0.717) is 6.54 Å². The zero-order valence-corrected chi connectivity index (χ0v) is 11.2. The molecule has 1 aromatic carbocycles. The van der Waals surface area contributed by atoms with Gasteiger partial charge < -0.3 is 15.2 Å². The fourth-order valence-corrected chi connectivity index (χ4v) is 1.99. The lowest BCUT2D eigenvalue weighted by molar-refractivity contribution is -0.136. The zero-order valence-electron chi connectivity index (χ0n) is 11.2. The Morgan fingerprint density at radius 1 is 1.33 bits per heavy atom. The Kier molecular flexibility index (Phi) is 5.65. The van der Waals surface area contributed by atoms with Crippen molar-refractivity contribution in [3.63, 3.8) is 0 Å². The summed E-state index contributed by atoms with van der Waals surface area (Å²) in [6, 6.07) is 4.16. The van der Waals surface area contributed by atoms with Gasteiger partial charge in [-0.25, -0.2) is 0 Å². The van der Waals surface area contributed by atoms with Gasteiger partial charge in [-0.2, -0.15) is 0 Å². The van der Waals surface area contributed by atoms with E-state index in [1.54, 1.807) is 7.11 Å². The van der Waals surface area contributed by atoms with Gasteiger partial charge in [0.15, 0.2) is 0 Å². The number of rotatable bonds is 7. The molecule has 0 atom stereocenters. The predicted octanol–water partition coefficient (Wildman–Crippen LogP) is 1.92. The van der Waals surface area contributed by atoms with Gasteiger partial charge in [0.05, 0.1) is 13.5 Å². The van der Waals surface area contributed by atoms with Crippen molar-refractivity contribution in [2.24, 2.45) is 0 Å². The van der Waals surface area contributed by atoms with E-state index in [0.717, 1.165) is 18.7 Å². The number of carboxylic acids is 1. The molecule has 0 aromatic heterocycles. The number of aliphatic carboxylic acids is 1. The topological polar surface area (TPSA) is 58.6 Å². The van der Waals surface area contributed by atoms with Gasteiger partial charge in [-0.15, -0.1) is 0 Å². The standard InChI is InChI=1S/C14H21NO3/c1-10-8-11(2)12(13(9-10)18-3)4-6-15-7-5-14(16)17/h8-9,15H,4-7H2,1-3H3,(H,16,17). The molecule has 1 rings (SSSR count). The molecule has 100 valence electrons. The highest BCUT2D eigenvalue weighted by molar-refractivity contribution is 5.66. The highest BCUT2D eigenvalue weighted by atomic mass is 16.5. The van der Waals surface area contributed by atoms with E-state index in [-0.39, 0.29) is 6.42 Å². The van der Waals surface area contributed by atoms with E-state index in [4.69, 9.17) is 9.84 Å². The van der Waals surface area contributed by atoms with Crippen LogP contribution in [0, 0.1) is 13.8 Å². The Bertz CT molecular complexity index is 416. The lowest BCUT2D eigenvalue weighted by atomic mass is 10.0. The van der Waals surface area contributed by atoms with Gasteiger partial charge >= 0.3 is 5.97 Å². The predicted molar refractivity (Wildman–Crippen MR) is 71.3 cm³/mol. The number of hydrogen-bond donors (Lipinski definition) is 2. The average molecular weight is 251 g/mol. The normalized spacial score (nSPS) is 10.4. The van der Waals surface area contributed by atoms with Crippen LogP contribution in [0.15, 0.2) is 12.1 Å². The Morgan fingerprint density at radius 2 is 2.06 bits per heavy atom. The minimum Gasteiger partial charge on any atom is -0.496 e. The molecule has 0 saturated carbocycles. The summed E-state index contributed by atoms with van der Waals surface area (Å²) >= 11 is 0. The summed E-state index contributed by atoms with van der Waals surface area (Å²) < 4.78 is 5.38. The molecule has 0 aliphatic carbocycles. The number of methoxy groups -OCH3 is 1. The molecule has 4 heteroatoms. The first-order valence-electron chi connectivity index (χ1n) is 6.11. The van der Waals surface area contributed by atoms with E-state index in [2.05, 4.69) is 18.3 Å². The molecule has 0 radical (unpaired) electrons. The van der Waals surface area contributed by atoms with E-state index in [1.807, 2.05) is 13.0 Å². The summed E-state index contributed by atoms with van der Waals surface area (Å²) in [5, 5.41) is 11.6. The molecule has 4 nitrogen and oxygen atoms in total. The molecular formula is C14H21NO3. The van der Waals surface area contributed by atoms with Crippen LogP contribution in [0.25, 0.3) is 0 Å². The third kappa shape index (κ3) is 4.37. The summed E-state index contributed by atoms with van der Waals surface area (Å²) in [4.78, 5) is 10.4. The van der Waals surface area contributed by atoms with Crippen LogP contribution in [0.5, 0.6) is 5.75 Å². The summed E-state index contributed by atoms with van der Waals surface area (Å²) in [6.45, 7) is 5.38. The molecular weight excluding hydrogens is 230 g/mol. The molecule has 1 aromatic rings. The molecule has 0 unspecified atom stereocenters. The second-order valence-corrected chi connectivity index (χ2v) is 4.41. The van der Waals surface area contributed by atoms with Crippen molar-refractivity contribution in [3.05, 3.63) is 28.8 Å². The average Bonchev–Trinajstić information content (AvgIpc) is 2.30. The van der Waals surface area contributed by atoms with Crippen LogP contribution in [0.1, 0.15) is 23.1 Å². The molecule has 0 bridgehead atoms. The van der Waals surface area contributed by atoms with E-state index < -0.39 is 5.97 Å². The van der Waals surface area contributed by atoms with Crippen molar-refractivity contribution in [1.29, 1.82) is 0 Å². The van der Waals surface area contributed by atoms with Crippen molar-refractivity contribution in [2.75, 3.05) is 20.2 Å². The molecule has 2 N–H and O–H groups in total. The third-order valence-electron chi connectivity index (χ3n) is 2.86. The highest BCUT2D eigenvalue weighted by Crippen LogP contribution is 2.24. The maximum absolute atomic E-state index is 10.4. The third-order valence-corrected chi connectivity index (χ3v) is 2.86. The van der Waals surface area contributed by atoms with Crippen LogP contribution in [0.2, 0.25) is 0 Å². The first kappa shape index (κ1) is 14.5. The minimum atomic E-state index is -0.772. The van der Waals surface area contributed by atoms with E-state index in [1.165, 1.54) is 16.7 Å². The van der Waals surface area contributed by atoms with Gasteiger partial charge in [0, 0.05) is 6.54 Å². The smallest absolute Gasteiger partial charge is 0.304 e. The Hall–Kier alpha value is -1.55. The van der Waals surface area contributed by atoms with Gasteiger partial charge in [-0.3, -0.25) is 4.79 Å². The molecule has 0 aliphatic rings. The zero-order chi connectivity index (χ0) is 13.5. The van der Waals surface area contributed by atoms with Gasteiger partial charge in [0.25, 0.3) is 0 Å². The van der Waals surface area contributed by atoms with E-state index >= 15 is 0 Å². The summed E-state index contributed by atoms with van der Waals surface area (Å²) in [5.41, 5.74) is 3.59. The molecule has 0 fully saturated rings. The number of aryl methyl sites for hydroxylation is 2. The molecule has 0 saturated heterocycles. The maximum Gasteiger partial charge on any atom is 0.304 e. The summed E-state index contributed by atoms with van der Waals surface area (Å²) in [5.74, 6) is 0.138. The van der Waals surface area contributed by atoms with Gasteiger partial charge in [-0.1, -0.05) is 6.07 Å². The van der Waals surface area contributed by atoms with Crippen molar-refractivity contribution in [1.82, 2.24) is 5.32 Å². The van der Waals surface area contributed by atoms with Crippen molar-refractivity contribution in [3.8, 4) is 5.75 Å². The fourth-order valence-electron chi connectivity index (χ4n) is 1.99. The fraction of sp³-hybridized carbons (Fsp3) is 0.500. The summed E-state index contributed by atoms with van der Waals surface area (Å²) in [6.07, 6.45) is 0.999. The quantitative estimate of drug-likeness (QED) is 0.727. The molecule has 18 heavy (non-hydrogen) atoms. The van der Waals surface area contributed by atoms with E-state index in [9.17, 15) is 4.79 Å². The van der Waals surface area contributed by atoms with Crippen LogP contribution < -0.4 is 10.1 Å². The highest BCUT2D eigenvalue weighted by Gasteiger charge is 2.07. The second-order valence-electron chi connectivity index (χ2n) is 4.41. The van der Waals surface area contributed by atoms with Crippen molar-refractivity contribution < 1.29 is 14.6 Å². The first-order valence-corrected chi connectivity index (χ1v) is 6.11. The Balaban J connectivity index is 2.53. The van der Waals surface area contributed by atoms with Crippen LogP contribution in [-0.4, -0.2) is 31.3 Å².